The zero-order chi connectivity index (χ0) is 27.2. The molecule has 1 atom stereocenters. The van der Waals surface area contributed by atoms with Gasteiger partial charge in [0.2, 0.25) is 11.6 Å². The lowest BCUT2D eigenvalue weighted by atomic mass is 9.97. The number of ketones is 1. The average molecular weight is 528 g/mol. The summed E-state index contributed by atoms with van der Waals surface area (Å²) in [5.74, 6) is -3.02. The molecule has 0 aromatic heterocycles. The van der Waals surface area contributed by atoms with E-state index in [4.69, 9.17) is 27.1 Å². The van der Waals surface area contributed by atoms with Crippen molar-refractivity contribution in [2.24, 2.45) is 15.9 Å². The Balaban J connectivity index is 2.26. The monoisotopic (exact) mass is 526 g/mol. The number of alkyl carbamates (subject to hydrolysis) is 1. The van der Waals surface area contributed by atoms with Crippen molar-refractivity contribution in [3.8, 4) is 11.8 Å². The van der Waals surface area contributed by atoms with E-state index in [1.165, 1.54) is 19.1 Å². The lowest BCUT2D eigenvalue weighted by Gasteiger charge is -2.17. The van der Waals surface area contributed by atoms with Gasteiger partial charge in [-0.05, 0) is 46.5 Å². The van der Waals surface area contributed by atoms with Crippen LogP contribution in [0.15, 0.2) is 38.2 Å². The molecule has 1 aliphatic rings. The Morgan fingerprint density at radius 3 is 2.91 bits per heavy atom. The normalized spacial score (nSPS) is 17.2. The van der Waals surface area contributed by atoms with Gasteiger partial charge in [0.15, 0.2) is 11.5 Å². The van der Waals surface area contributed by atoms with Gasteiger partial charge in [0.05, 0.1) is 24.0 Å². The zero-order valence-electron chi connectivity index (χ0n) is 21.0. The lowest BCUT2D eigenvalue weighted by Crippen LogP contribution is -2.36. The summed E-state index contributed by atoms with van der Waals surface area (Å²) in [6, 6.07) is 4.10. The highest BCUT2D eigenvalue weighted by molar-refractivity contribution is 9.10. The van der Waals surface area contributed by atoms with E-state index in [2.05, 4.69) is 30.7 Å². The Morgan fingerprint density at radius 2 is 2.28 bits per heavy atom. The molecule has 0 bridgehead atoms. The van der Waals surface area contributed by atoms with Crippen LogP contribution in [0, 0.1) is 17.2 Å². The number of nitrogens with zero attached hydrogens (tertiary/aromatic N) is 3. The molecule has 0 radical (unpaired) electrons. The molecule has 0 saturated heterocycles. The largest absolute Gasteiger partial charge is 0.450 e. The molecule has 2 amide bonds. The molecular formula is C21H20BrClN4O5. The quantitative estimate of drug-likeness (QED) is 0.560. The Bertz CT molecular complexity index is 1200. The number of nitriles is 1. The summed E-state index contributed by atoms with van der Waals surface area (Å²) in [7, 11) is 0. The maximum Gasteiger partial charge on any atom is 0.414 e. The molecule has 11 heteroatoms. The average Bonchev–Trinajstić information content (AvgIpc) is 2.77. The second-order valence-corrected chi connectivity index (χ2v) is 7.51. The van der Waals surface area contributed by atoms with Crippen LogP contribution in [0.5, 0.6) is 5.75 Å². The molecule has 9 nitrogen and oxygen atoms in total. The van der Waals surface area contributed by atoms with Crippen LogP contribution < -0.4 is 10.1 Å². The van der Waals surface area contributed by atoms with Gasteiger partial charge in [-0.15, -0.1) is 0 Å². The van der Waals surface area contributed by atoms with Gasteiger partial charge >= 0.3 is 6.09 Å². The predicted octanol–water partition coefficient (Wildman–Crippen LogP) is 3.78. The summed E-state index contributed by atoms with van der Waals surface area (Å²) < 4.78 is 41.5. The zero-order valence-corrected chi connectivity index (χ0v) is 19.3. The third-order valence-corrected chi connectivity index (χ3v) is 4.70. The van der Waals surface area contributed by atoms with E-state index >= 15 is 0 Å². The van der Waals surface area contributed by atoms with E-state index in [9.17, 15) is 14.4 Å². The molecule has 0 aliphatic carbocycles. The van der Waals surface area contributed by atoms with E-state index in [1.807, 2.05) is 5.32 Å². The van der Waals surface area contributed by atoms with Gasteiger partial charge in [-0.2, -0.15) is 5.26 Å². The van der Waals surface area contributed by atoms with Crippen molar-refractivity contribution in [2.45, 2.75) is 27.2 Å². The number of aliphatic imine (C=N–C) groups is 2. The molecule has 0 fully saturated rings. The van der Waals surface area contributed by atoms with Crippen LogP contribution in [-0.4, -0.2) is 42.5 Å². The molecule has 32 heavy (non-hydrogen) atoms. The van der Waals surface area contributed by atoms with Gasteiger partial charge in [0, 0.05) is 15.7 Å². The third kappa shape index (κ3) is 6.73. The minimum Gasteiger partial charge on any atom is -0.450 e. The summed E-state index contributed by atoms with van der Waals surface area (Å²) in [6.45, 7) is -0.0962. The SMILES string of the molecule is [2H]C1=C(C(C)C([2H])([2H])[2H])C(=O)CN=C1Oc1c(Cl)cc(CN=C(C#N)C(=O)NC(=O)OCC)cc1Br. The number of hydrogen-bond acceptors (Lipinski definition) is 8. The highest BCUT2D eigenvalue weighted by Gasteiger charge is 2.21. The van der Waals surface area contributed by atoms with Crippen LogP contribution >= 0.6 is 27.5 Å². The summed E-state index contributed by atoms with van der Waals surface area (Å²) >= 11 is 9.60. The maximum absolute atomic E-state index is 12.2. The molecular weight excluding hydrogens is 504 g/mol. The first-order chi connectivity index (χ1) is 16.8. The molecule has 1 N–H and O–H groups in total. The highest BCUT2D eigenvalue weighted by atomic mass is 79.9. The Morgan fingerprint density at radius 1 is 1.53 bits per heavy atom. The van der Waals surface area contributed by atoms with Crippen molar-refractivity contribution in [3.63, 3.8) is 0 Å². The molecule has 1 heterocycles. The molecule has 1 aromatic rings. The number of amides is 2. The Hall–Kier alpha value is -3.03. The lowest BCUT2D eigenvalue weighted by molar-refractivity contribution is -0.115. The second kappa shape index (κ2) is 11.5. The smallest absolute Gasteiger partial charge is 0.414 e. The number of hydrogen-bond donors (Lipinski definition) is 1. The number of halogens is 2. The minimum atomic E-state index is -2.49. The Kier molecular flexibility index (Phi) is 7.09. The number of dihydropyridines is 1. The van der Waals surface area contributed by atoms with E-state index in [0.29, 0.717) is 10.0 Å². The summed E-state index contributed by atoms with van der Waals surface area (Å²) in [4.78, 5) is 43.4. The molecule has 1 unspecified atom stereocenters. The second-order valence-electron chi connectivity index (χ2n) is 6.25. The fourth-order valence-electron chi connectivity index (χ4n) is 2.41. The van der Waals surface area contributed by atoms with Gasteiger partial charge in [0.1, 0.15) is 12.6 Å². The van der Waals surface area contributed by atoms with Gasteiger partial charge in [-0.25, -0.2) is 9.79 Å². The number of ether oxygens (including phenoxy) is 2. The number of carbonyl (C=O) groups excluding carboxylic acids is 3. The van der Waals surface area contributed by atoms with Gasteiger partial charge < -0.3 is 9.47 Å². The van der Waals surface area contributed by atoms with Gasteiger partial charge in [0.25, 0.3) is 5.91 Å². The van der Waals surface area contributed by atoms with Crippen LogP contribution in [0.2, 0.25) is 5.02 Å². The summed E-state index contributed by atoms with van der Waals surface area (Å²) in [6.07, 6.45) is -1.01. The summed E-state index contributed by atoms with van der Waals surface area (Å²) in [5.41, 5.74) is -0.310. The molecule has 0 spiro atoms. The van der Waals surface area contributed by atoms with Crippen molar-refractivity contribution in [1.29, 1.82) is 5.26 Å². The summed E-state index contributed by atoms with van der Waals surface area (Å²) in [5, 5.41) is 11.1. The first kappa shape index (κ1) is 19.6. The number of imide groups is 1. The van der Waals surface area contributed by atoms with Crippen LogP contribution in [0.4, 0.5) is 4.79 Å². The van der Waals surface area contributed by atoms with E-state index in [0.717, 1.165) is 0 Å². The van der Waals surface area contributed by atoms with E-state index in [1.54, 1.807) is 13.0 Å². The standard InChI is InChI=1S/C21H20BrClN4O5/c1-4-31-21(30)27-20(29)16(8-24)25-9-12-5-14(22)19(15(23)6-12)32-18-7-13(11(2)3)17(28)10-26-18/h5-7,11H,4,9-10H2,1-3H3,(H,27,29,30)/i2D3,7D. The van der Waals surface area contributed by atoms with Crippen LogP contribution in [0.25, 0.3) is 0 Å². The van der Waals surface area contributed by atoms with E-state index in [-0.39, 0.29) is 41.9 Å². The predicted molar refractivity (Wildman–Crippen MR) is 122 cm³/mol. The van der Waals surface area contributed by atoms with Crippen molar-refractivity contribution in [3.05, 3.63) is 38.8 Å². The van der Waals surface area contributed by atoms with Crippen LogP contribution in [-0.2, 0) is 20.9 Å². The maximum atomic E-state index is 12.2. The van der Waals surface area contributed by atoms with Crippen molar-refractivity contribution in [2.75, 3.05) is 13.2 Å². The highest BCUT2D eigenvalue weighted by Crippen LogP contribution is 2.35. The number of carbonyl (C=O) groups is 3. The molecule has 1 aliphatic heterocycles. The molecule has 2 rings (SSSR count). The van der Waals surface area contributed by atoms with Crippen molar-refractivity contribution >= 4 is 56.9 Å². The van der Waals surface area contributed by atoms with Crippen LogP contribution in [0.3, 0.4) is 0 Å². The van der Waals surface area contributed by atoms with E-state index < -0.39 is 42.3 Å². The number of nitrogens with one attached hydrogen (secondary N) is 1. The number of Topliss-reactive ketones (excluding diaryl/α,β-unsaturated/α-hetero) is 1. The molecule has 1 aromatic carbocycles. The number of rotatable bonds is 6. The van der Waals surface area contributed by atoms with Gasteiger partial charge in [-0.3, -0.25) is 19.9 Å². The molecule has 168 valence electrons. The van der Waals surface area contributed by atoms with Crippen molar-refractivity contribution in [1.82, 2.24) is 5.32 Å². The first-order valence-corrected chi connectivity index (χ1v) is 10.3. The fraction of sp³-hybridized carbons (Fsp3) is 0.333. The third-order valence-electron chi connectivity index (χ3n) is 3.83. The van der Waals surface area contributed by atoms with Crippen LogP contribution in [0.1, 0.15) is 31.7 Å². The number of benzene rings is 1. The minimum absolute atomic E-state index is 0.0408. The van der Waals surface area contributed by atoms with Crippen molar-refractivity contribution < 1.29 is 29.3 Å². The fourth-order valence-corrected chi connectivity index (χ4v) is 3.39. The van der Waals surface area contributed by atoms with Gasteiger partial charge in [-0.1, -0.05) is 25.4 Å². The molecule has 0 saturated carbocycles. The topological polar surface area (TPSA) is 130 Å². The first-order valence-electron chi connectivity index (χ1n) is 11.2. The Labute approximate surface area is 203 Å².